The third-order valence-corrected chi connectivity index (χ3v) is 4.69. The van der Waals surface area contributed by atoms with Crippen LogP contribution in [0.5, 0.6) is 0 Å². The molecule has 1 saturated heterocycles. The van der Waals surface area contributed by atoms with Crippen LogP contribution in [-0.2, 0) is 19.6 Å². The molecule has 0 aromatic carbocycles. The number of imide groups is 2. The maximum absolute atomic E-state index is 12.5. The molecule has 2 fully saturated rings. The summed E-state index contributed by atoms with van der Waals surface area (Å²) in [6, 6.07) is -0.781. The molecular formula is C12H19N3O5S. The van der Waals surface area contributed by atoms with Crippen molar-refractivity contribution in [2.45, 2.75) is 32.1 Å². The predicted octanol–water partition coefficient (Wildman–Crippen LogP) is -0.435. The number of hydrogen-bond donors (Lipinski definition) is 2. The van der Waals surface area contributed by atoms with Crippen LogP contribution in [-0.4, -0.2) is 50.5 Å². The Morgan fingerprint density at radius 1 is 1.19 bits per heavy atom. The van der Waals surface area contributed by atoms with Crippen molar-refractivity contribution in [1.29, 1.82) is 0 Å². The second-order valence-corrected chi connectivity index (χ2v) is 7.36. The van der Waals surface area contributed by atoms with Crippen molar-refractivity contribution in [2.24, 2.45) is 5.41 Å². The summed E-state index contributed by atoms with van der Waals surface area (Å²) in [4.78, 5) is 37.4. The smallest absolute Gasteiger partial charge is 0.277 e. The van der Waals surface area contributed by atoms with Gasteiger partial charge in [0.2, 0.25) is 21.8 Å². The van der Waals surface area contributed by atoms with Crippen LogP contribution in [0, 0.1) is 5.41 Å². The van der Waals surface area contributed by atoms with E-state index >= 15 is 0 Å². The van der Waals surface area contributed by atoms with Crippen LogP contribution in [0.3, 0.4) is 0 Å². The number of nitrogens with zero attached hydrogens (tertiary/aromatic N) is 1. The largest absolute Gasteiger partial charge is 0.330 e. The van der Waals surface area contributed by atoms with Crippen LogP contribution in [0.4, 0.5) is 4.79 Å². The van der Waals surface area contributed by atoms with Crippen LogP contribution >= 0.6 is 0 Å². The minimum atomic E-state index is -3.39. The van der Waals surface area contributed by atoms with Gasteiger partial charge in [-0.15, -0.1) is 0 Å². The highest BCUT2D eigenvalue weighted by Gasteiger charge is 2.53. The van der Waals surface area contributed by atoms with Crippen LogP contribution in [0.25, 0.3) is 0 Å². The van der Waals surface area contributed by atoms with Gasteiger partial charge in [0.05, 0.1) is 6.26 Å². The van der Waals surface area contributed by atoms with Gasteiger partial charge in [-0.1, -0.05) is 19.3 Å². The minimum Gasteiger partial charge on any atom is -0.277 e. The van der Waals surface area contributed by atoms with Gasteiger partial charge in [0.15, 0.2) is 0 Å². The molecule has 0 bridgehead atoms. The molecule has 8 nitrogen and oxygen atoms in total. The fourth-order valence-corrected chi connectivity index (χ4v) is 3.34. The summed E-state index contributed by atoms with van der Waals surface area (Å²) >= 11 is 0. The Labute approximate surface area is 123 Å². The number of amides is 4. The third kappa shape index (κ3) is 3.24. The van der Waals surface area contributed by atoms with Crippen molar-refractivity contribution in [3.05, 3.63) is 0 Å². The van der Waals surface area contributed by atoms with Gasteiger partial charge in [0.25, 0.3) is 0 Å². The van der Waals surface area contributed by atoms with E-state index in [0.717, 1.165) is 30.4 Å². The lowest BCUT2D eigenvalue weighted by atomic mass is 9.71. The van der Waals surface area contributed by atoms with Crippen molar-refractivity contribution in [3.63, 3.8) is 0 Å². The van der Waals surface area contributed by atoms with Crippen molar-refractivity contribution < 1.29 is 22.8 Å². The summed E-state index contributed by atoms with van der Waals surface area (Å²) in [5, 5.41) is 2.22. The van der Waals surface area contributed by atoms with E-state index in [-0.39, 0.29) is 13.1 Å². The van der Waals surface area contributed by atoms with E-state index in [1.807, 2.05) is 0 Å². The molecule has 0 unspecified atom stereocenters. The summed E-state index contributed by atoms with van der Waals surface area (Å²) in [7, 11) is -3.39. The first-order chi connectivity index (χ1) is 9.76. The Kier molecular flexibility index (Phi) is 4.33. The van der Waals surface area contributed by atoms with Crippen molar-refractivity contribution in [1.82, 2.24) is 14.9 Å². The van der Waals surface area contributed by atoms with Crippen molar-refractivity contribution in [2.75, 3.05) is 19.3 Å². The van der Waals surface area contributed by atoms with Crippen LogP contribution in [0.1, 0.15) is 32.1 Å². The molecule has 0 aromatic heterocycles. The van der Waals surface area contributed by atoms with Gasteiger partial charge in [-0.25, -0.2) is 17.9 Å². The van der Waals surface area contributed by atoms with Gasteiger partial charge >= 0.3 is 6.03 Å². The lowest BCUT2D eigenvalue weighted by molar-refractivity contribution is -0.153. The lowest BCUT2D eigenvalue weighted by Crippen LogP contribution is -2.65. The van der Waals surface area contributed by atoms with Crippen LogP contribution in [0.2, 0.25) is 0 Å². The predicted molar refractivity (Wildman–Crippen MR) is 73.6 cm³/mol. The number of urea groups is 1. The van der Waals surface area contributed by atoms with E-state index in [2.05, 4.69) is 10.0 Å². The molecule has 4 amide bonds. The number of carbonyl (C=O) groups excluding carboxylic acids is 3. The highest BCUT2D eigenvalue weighted by Crippen LogP contribution is 2.39. The summed E-state index contributed by atoms with van der Waals surface area (Å²) in [6.07, 6.45) is 4.36. The van der Waals surface area contributed by atoms with E-state index in [1.54, 1.807) is 0 Å². The highest BCUT2D eigenvalue weighted by atomic mass is 32.2. The fraction of sp³-hybridized carbons (Fsp3) is 0.750. The minimum absolute atomic E-state index is 0.0672. The molecule has 9 heteroatoms. The molecule has 0 radical (unpaired) electrons. The monoisotopic (exact) mass is 317 g/mol. The van der Waals surface area contributed by atoms with Crippen LogP contribution in [0.15, 0.2) is 0 Å². The normalized spacial score (nSPS) is 22.5. The average Bonchev–Trinajstić information content (AvgIpc) is 2.41. The van der Waals surface area contributed by atoms with Gasteiger partial charge in [0.1, 0.15) is 5.41 Å². The first-order valence-electron chi connectivity index (χ1n) is 6.88. The second kappa shape index (κ2) is 5.72. The molecule has 1 aliphatic carbocycles. The van der Waals surface area contributed by atoms with Crippen molar-refractivity contribution in [3.8, 4) is 0 Å². The van der Waals surface area contributed by atoms with Crippen molar-refractivity contribution >= 4 is 27.9 Å². The Bertz CT molecular complexity index is 565. The van der Waals surface area contributed by atoms with E-state index < -0.39 is 33.3 Å². The molecule has 21 heavy (non-hydrogen) atoms. The quantitative estimate of drug-likeness (QED) is 0.683. The maximum Gasteiger partial charge on any atom is 0.330 e. The van der Waals surface area contributed by atoms with E-state index in [0.29, 0.717) is 12.8 Å². The van der Waals surface area contributed by atoms with Crippen LogP contribution < -0.4 is 10.0 Å². The Morgan fingerprint density at radius 3 is 2.38 bits per heavy atom. The lowest BCUT2D eigenvalue weighted by Gasteiger charge is -2.41. The Hall–Kier alpha value is -1.48. The molecule has 118 valence electrons. The highest BCUT2D eigenvalue weighted by molar-refractivity contribution is 7.88. The number of carbonyl (C=O) groups is 3. The van der Waals surface area contributed by atoms with Gasteiger partial charge in [-0.05, 0) is 12.8 Å². The van der Waals surface area contributed by atoms with E-state index in [9.17, 15) is 22.8 Å². The standard InChI is InChI=1S/C12H19N3O5S/c1-21(19,20)13-7-8-15-10(17)12(5-3-2-4-6-12)9(16)14-11(15)18/h13H,2-8H2,1H3,(H,14,16,18). The van der Waals surface area contributed by atoms with E-state index in [4.69, 9.17) is 0 Å². The first kappa shape index (κ1) is 15.9. The fourth-order valence-electron chi connectivity index (χ4n) is 2.87. The average molecular weight is 317 g/mol. The summed E-state index contributed by atoms with van der Waals surface area (Å²) in [5.74, 6) is -1.03. The topological polar surface area (TPSA) is 113 Å². The number of sulfonamides is 1. The number of nitrogens with one attached hydrogen (secondary N) is 2. The molecule has 2 aliphatic rings. The number of hydrogen-bond acceptors (Lipinski definition) is 5. The Balaban J connectivity index is 2.12. The zero-order chi connectivity index (χ0) is 15.7. The molecule has 0 aromatic rings. The van der Waals surface area contributed by atoms with E-state index in [1.165, 1.54) is 0 Å². The Morgan fingerprint density at radius 2 is 1.81 bits per heavy atom. The molecule has 2 rings (SSSR count). The molecule has 1 spiro atoms. The summed E-state index contributed by atoms with van der Waals surface area (Å²) in [5.41, 5.74) is -1.16. The first-order valence-corrected chi connectivity index (χ1v) is 8.77. The van der Waals surface area contributed by atoms with Gasteiger partial charge in [0, 0.05) is 13.1 Å². The maximum atomic E-state index is 12.5. The zero-order valence-electron chi connectivity index (χ0n) is 11.8. The second-order valence-electron chi connectivity index (χ2n) is 5.53. The third-order valence-electron chi connectivity index (χ3n) is 3.96. The number of rotatable bonds is 4. The van der Waals surface area contributed by atoms with Gasteiger partial charge in [-0.3, -0.25) is 19.8 Å². The SMILES string of the molecule is CS(=O)(=O)NCCN1C(=O)NC(=O)C2(CCCCC2)C1=O. The van der Waals surface area contributed by atoms with Gasteiger partial charge < -0.3 is 0 Å². The number of barbiturate groups is 1. The molecular weight excluding hydrogens is 298 g/mol. The van der Waals surface area contributed by atoms with Gasteiger partial charge in [-0.2, -0.15) is 0 Å². The summed E-state index contributed by atoms with van der Waals surface area (Å²) < 4.78 is 24.3. The summed E-state index contributed by atoms with van der Waals surface area (Å²) in [6.45, 7) is -0.158. The molecule has 0 atom stereocenters. The molecule has 1 heterocycles. The zero-order valence-corrected chi connectivity index (χ0v) is 12.7. The molecule has 1 saturated carbocycles. The molecule has 1 aliphatic heterocycles. The molecule has 2 N–H and O–H groups in total.